The van der Waals surface area contributed by atoms with Gasteiger partial charge < -0.3 is 10.5 Å². The van der Waals surface area contributed by atoms with E-state index >= 15 is 0 Å². The first-order valence-corrected chi connectivity index (χ1v) is 5.32. The first-order chi connectivity index (χ1) is 6.70. The molecule has 1 aromatic carbocycles. The number of fused-ring (bicyclic) bond motifs is 1. The molecular formula is C10H12N2OS. The highest BCUT2D eigenvalue weighted by molar-refractivity contribution is 7.22. The van der Waals surface area contributed by atoms with Crippen LogP contribution in [-0.2, 0) is 0 Å². The Morgan fingerprint density at radius 2 is 2.29 bits per heavy atom. The Morgan fingerprint density at radius 3 is 3.00 bits per heavy atom. The Morgan fingerprint density at radius 1 is 1.50 bits per heavy atom. The van der Waals surface area contributed by atoms with Gasteiger partial charge in [-0.15, -0.1) is 0 Å². The molecule has 4 heteroatoms. The zero-order chi connectivity index (χ0) is 10.1. The minimum Gasteiger partial charge on any atom is -0.494 e. The molecule has 0 atom stereocenters. The van der Waals surface area contributed by atoms with Crippen molar-refractivity contribution in [3.05, 3.63) is 17.7 Å². The van der Waals surface area contributed by atoms with Crippen LogP contribution in [0.5, 0.6) is 5.75 Å². The maximum Gasteiger partial charge on any atom is 0.181 e. The van der Waals surface area contributed by atoms with Crippen LogP contribution in [0.15, 0.2) is 12.1 Å². The van der Waals surface area contributed by atoms with Crippen LogP contribution in [0.1, 0.15) is 12.5 Å². The number of nitrogens with two attached hydrogens (primary N) is 1. The average Bonchev–Trinajstić information content (AvgIpc) is 2.47. The van der Waals surface area contributed by atoms with Gasteiger partial charge in [-0.25, -0.2) is 4.98 Å². The van der Waals surface area contributed by atoms with E-state index in [9.17, 15) is 0 Å². The van der Waals surface area contributed by atoms with E-state index in [1.54, 1.807) is 0 Å². The lowest BCUT2D eigenvalue weighted by Crippen LogP contribution is -1.91. The second-order valence-corrected chi connectivity index (χ2v) is 4.13. The van der Waals surface area contributed by atoms with Gasteiger partial charge in [-0.2, -0.15) is 0 Å². The molecule has 0 aliphatic carbocycles. The largest absolute Gasteiger partial charge is 0.494 e. The van der Waals surface area contributed by atoms with Gasteiger partial charge in [-0.3, -0.25) is 0 Å². The van der Waals surface area contributed by atoms with E-state index in [0.717, 1.165) is 21.5 Å². The number of anilines is 1. The quantitative estimate of drug-likeness (QED) is 0.825. The molecule has 0 amide bonds. The number of hydrogen-bond acceptors (Lipinski definition) is 4. The number of nitrogen functional groups attached to an aromatic ring is 1. The van der Waals surface area contributed by atoms with Crippen molar-refractivity contribution < 1.29 is 4.74 Å². The summed E-state index contributed by atoms with van der Waals surface area (Å²) in [5, 5.41) is 0.608. The normalized spacial score (nSPS) is 10.7. The van der Waals surface area contributed by atoms with Gasteiger partial charge in [0.1, 0.15) is 5.75 Å². The number of ether oxygens (including phenoxy) is 1. The first kappa shape index (κ1) is 9.27. The van der Waals surface area contributed by atoms with Gasteiger partial charge in [0.25, 0.3) is 0 Å². The lowest BCUT2D eigenvalue weighted by molar-refractivity contribution is 0.340. The SMILES string of the molecule is CCOc1cc(C)c2nc(N)sc2c1. The fraction of sp³-hybridized carbons (Fsp3) is 0.300. The van der Waals surface area contributed by atoms with Gasteiger partial charge in [-0.05, 0) is 31.5 Å². The highest BCUT2D eigenvalue weighted by atomic mass is 32.1. The van der Waals surface area contributed by atoms with Gasteiger partial charge in [-0.1, -0.05) is 11.3 Å². The average molecular weight is 208 g/mol. The summed E-state index contributed by atoms with van der Waals surface area (Å²) in [6.45, 7) is 4.67. The van der Waals surface area contributed by atoms with E-state index in [1.165, 1.54) is 11.3 Å². The van der Waals surface area contributed by atoms with Crippen LogP contribution in [0.4, 0.5) is 5.13 Å². The second kappa shape index (κ2) is 3.46. The predicted octanol–water partition coefficient (Wildman–Crippen LogP) is 2.59. The van der Waals surface area contributed by atoms with Crippen LogP contribution in [0.25, 0.3) is 10.2 Å². The smallest absolute Gasteiger partial charge is 0.181 e. The van der Waals surface area contributed by atoms with Gasteiger partial charge >= 0.3 is 0 Å². The Balaban J connectivity index is 2.59. The fourth-order valence-corrected chi connectivity index (χ4v) is 2.27. The molecule has 14 heavy (non-hydrogen) atoms. The van der Waals surface area contributed by atoms with Crippen LogP contribution in [0.3, 0.4) is 0 Å². The summed E-state index contributed by atoms with van der Waals surface area (Å²) in [6.07, 6.45) is 0. The summed E-state index contributed by atoms with van der Waals surface area (Å²) in [5.41, 5.74) is 7.74. The summed E-state index contributed by atoms with van der Waals surface area (Å²) in [6, 6.07) is 3.98. The maximum atomic E-state index is 5.65. The van der Waals surface area contributed by atoms with Crippen LogP contribution < -0.4 is 10.5 Å². The summed E-state index contributed by atoms with van der Waals surface area (Å²) in [4.78, 5) is 4.25. The molecule has 2 N–H and O–H groups in total. The number of benzene rings is 1. The van der Waals surface area contributed by atoms with E-state index in [-0.39, 0.29) is 0 Å². The summed E-state index contributed by atoms with van der Waals surface area (Å²) >= 11 is 1.49. The molecule has 0 fully saturated rings. The summed E-state index contributed by atoms with van der Waals surface area (Å²) in [5.74, 6) is 0.890. The summed E-state index contributed by atoms with van der Waals surface area (Å²) in [7, 11) is 0. The molecule has 0 saturated heterocycles. The molecule has 0 unspecified atom stereocenters. The molecule has 1 aromatic heterocycles. The van der Waals surface area contributed by atoms with Gasteiger partial charge in [0.05, 0.1) is 16.8 Å². The van der Waals surface area contributed by atoms with Crippen molar-refractivity contribution >= 4 is 26.7 Å². The lowest BCUT2D eigenvalue weighted by Gasteiger charge is -2.03. The van der Waals surface area contributed by atoms with Crippen LogP contribution >= 0.6 is 11.3 Å². The molecule has 74 valence electrons. The highest BCUT2D eigenvalue weighted by Crippen LogP contribution is 2.30. The highest BCUT2D eigenvalue weighted by Gasteiger charge is 2.06. The molecule has 0 aliphatic heterocycles. The zero-order valence-electron chi connectivity index (χ0n) is 8.20. The third-order valence-electron chi connectivity index (χ3n) is 1.99. The summed E-state index contributed by atoms with van der Waals surface area (Å²) < 4.78 is 6.53. The van der Waals surface area contributed by atoms with Crippen molar-refractivity contribution in [3.8, 4) is 5.75 Å². The maximum absolute atomic E-state index is 5.65. The van der Waals surface area contributed by atoms with Crippen molar-refractivity contribution in [1.82, 2.24) is 4.98 Å². The fourth-order valence-electron chi connectivity index (χ4n) is 1.43. The van der Waals surface area contributed by atoms with Crippen molar-refractivity contribution in [2.24, 2.45) is 0 Å². The number of hydrogen-bond donors (Lipinski definition) is 1. The van der Waals surface area contributed by atoms with E-state index < -0.39 is 0 Å². The second-order valence-electron chi connectivity index (χ2n) is 3.07. The number of thiazole rings is 1. The molecule has 0 radical (unpaired) electrons. The topological polar surface area (TPSA) is 48.1 Å². The standard InChI is InChI=1S/C10H12N2OS/c1-3-13-7-4-6(2)9-8(5-7)14-10(11)12-9/h4-5H,3H2,1-2H3,(H2,11,12). The number of nitrogens with zero attached hydrogens (tertiary/aromatic N) is 1. The Kier molecular flexibility index (Phi) is 2.29. The zero-order valence-corrected chi connectivity index (χ0v) is 9.02. The molecule has 0 spiro atoms. The van der Waals surface area contributed by atoms with E-state index in [2.05, 4.69) is 4.98 Å². The van der Waals surface area contributed by atoms with Gasteiger partial charge in [0.2, 0.25) is 0 Å². The van der Waals surface area contributed by atoms with Crippen molar-refractivity contribution in [1.29, 1.82) is 0 Å². The Labute approximate surface area is 86.5 Å². The van der Waals surface area contributed by atoms with Gasteiger partial charge in [0, 0.05) is 0 Å². The Bertz CT molecular complexity index is 464. The number of aryl methyl sites for hydroxylation is 1. The first-order valence-electron chi connectivity index (χ1n) is 4.50. The molecule has 2 aromatic rings. The van der Waals surface area contributed by atoms with Crippen LogP contribution in [0, 0.1) is 6.92 Å². The molecule has 0 bridgehead atoms. The number of rotatable bonds is 2. The van der Waals surface area contributed by atoms with E-state index in [0.29, 0.717) is 11.7 Å². The van der Waals surface area contributed by atoms with Gasteiger partial charge in [0.15, 0.2) is 5.13 Å². The molecule has 2 rings (SSSR count). The minimum absolute atomic E-state index is 0.608. The molecule has 3 nitrogen and oxygen atoms in total. The Hall–Kier alpha value is -1.29. The molecule has 0 aliphatic rings. The predicted molar refractivity (Wildman–Crippen MR) is 59.9 cm³/mol. The third kappa shape index (κ3) is 1.53. The minimum atomic E-state index is 0.608. The molecule has 0 saturated carbocycles. The van der Waals surface area contributed by atoms with Crippen molar-refractivity contribution in [2.75, 3.05) is 12.3 Å². The van der Waals surface area contributed by atoms with Crippen LogP contribution in [0.2, 0.25) is 0 Å². The van der Waals surface area contributed by atoms with E-state index in [1.807, 2.05) is 26.0 Å². The monoisotopic (exact) mass is 208 g/mol. The number of aromatic nitrogens is 1. The van der Waals surface area contributed by atoms with Crippen molar-refractivity contribution in [3.63, 3.8) is 0 Å². The van der Waals surface area contributed by atoms with Crippen LogP contribution in [-0.4, -0.2) is 11.6 Å². The van der Waals surface area contributed by atoms with E-state index in [4.69, 9.17) is 10.5 Å². The third-order valence-corrected chi connectivity index (χ3v) is 2.82. The lowest BCUT2D eigenvalue weighted by atomic mass is 10.2. The van der Waals surface area contributed by atoms with Crippen molar-refractivity contribution in [2.45, 2.75) is 13.8 Å². The molecular weight excluding hydrogens is 196 g/mol. The molecule has 1 heterocycles.